The molecule has 3 atom stereocenters. The van der Waals surface area contributed by atoms with Gasteiger partial charge in [-0.15, -0.1) is 0 Å². The van der Waals surface area contributed by atoms with Gasteiger partial charge in [0.15, 0.2) is 6.04 Å². The van der Waals surface area contributed by atoms with E-state index in [0.717, 1.165) is 0 Å². The molecule has 0 aromatic heterocycles. The summed E-state index contributed by atoms with van der Waals surface area (Å²) < 4.78 is 5.12. The van der Waals surface area contributed by atoms with Crippen molar-refractivity contribution in [2.45, 2.75) is 45.4 Å². The molecule has 1 saturated heterocycles. The highest BCUT2D eigenvalue weighted by atomic mass is 16.5. The first-order valence-electron chi connectivity index (χ1n) is 6.01. The molecule has 0 aromatic rings. The summed E-state index contributed by atoms with van der Waals surface area (Å²) in [6, 6.07) is -1.65. The second-order valence-corrected chi connectivity index (χ2v) is 5.72. The zero-order valence-electron chi connectivity index (χ0n) is 11.3. The third kappa shape index (κ3) is 2.81. The van der Waals surface area contributed by atoms with E-state index in [4.69, 9.17) is 10.5 Å². The third-order valence-electron chi connectivity index (χ3n) is 3.38. The monoisotopic (exact) mass is 258 g/mol. The van der Waals surface area contributed by atoms with Crippen LogP contribution in [0, 0.1) is 5.41 Å². The number of carbonyl (C=O) groups excluding carboxylic acids is 1. The zero-order chi connectivity index (χ0) is 14.1. The standard InChI is InChI=1S/C12H22N2O4/c1-12(2,3)9(13)10(15)14-6-5-7(18-4)8(14)11(16)17/h7-9H,5-6,13H2,1-4H3,(H,16,17)/t7-,8+,9?/m1/s1. The molecule has 1 fully saturated rings. The largest absolute Gasteiger partial charge is 0.480 e. The van der Waals surface area contributed by atoms with Crippen LogP contribution in [-0.4, -0.2) is 53.7 Å². The van der Waals surface area contributed by atoms with Crippen LogP contribution in [0.3, 0.4) is 0 Å². The number of aliphatic carboxylic acids is 1. The highest BCUT2D eigenvalue weighted by Gasteiger charge is 2.45. The van der Waals surface area contributed by atoms with Crippen LogP contribution >= 0.6 is 0 Å². The second kappa shape index (κ2) is 5.24. The molecule has 0 aromatic carbocycles. The average Bonchev–Trinajstić information content (AvgIpc) is 2.69. The van der Waals surface area contributed by atoms with Crippen molar-refractivity contribution < 1.29 is 19.4 Å². The smallest absolute Gasteiger partial charge is 0.329 e. The van der Waals surface area contributed by atoms with E-state index in [1.807, 2.05) is 20.8 Å². The molecule has 0 aliphatic carbocycles. The maximum atomic E-state index is 12.3. The number of rotatable bonds is 3. The number of ether oxygens (including phenoxy) is 1. The van der Waals surface area contributed by atoms with E-state index in [-0.39, 0.29) is 5.91 Å². The van der Waals surface area contributed by atoms with Crippen molar-refractivity contribution in [1.29, 1.82) is 0 Å². The zero-order valence-corrected chi connectivity index (χ0v) is 11.3. The van der Waals surface area contributed by atoms with Gasteiger partial charge in [-0.05, 0) is 11.8 Å². The number of methoxy groups -OCH3 is 1. The summed E-state index contributed by atoms with van der Waals surface area (Å²) in [5.41, 5.74) is 5.50. The molecule has 6 nitrogen and oxygen atoms in total. The molecule has 1 aliphatic rings. The van der Waals surface area contributed by atoms with E-state index in [1.165, 1.54) is 12.0 Å². The lowest BCUT2D eigenvalue weighted by atomic mass is 9.86. The van der Waals surface area contributed by atoms with Crippen molar-refractivity contribution in [2.75, 3.05) is 13.7 Å². The minimum absolute atomic E-state index is 0.325. The number of carboxylic acid groups (broad SMARTS) is 1. The Labute approximate surface area is 107 Å². The molecule has 0 radical (unpaired) electrons. The molecular weight excluding hydrogens is 236 g/mol. The Morgan fingerprint density at radius 3 is 2.39 bits per heavy atom. The van der Waals surface area contributed by atoms with E-state index < -0.39 is 29.6 Å². The predicted molar refractivity (Wildman–Crippen MR) is 66.0 cm³/mol. The third-order valence-corrected chi connectivity index (χ3v) is 3.38. The molecule has 0 saturated carbocycles. The van der Waals surface area contributed by atoms with Crippen LogP contribution in [0.4, 0.5) is 0 Å². The maximum Gasteiger partial charge on any atom is 0.329 e. The molecule has 1 aliphatic heterocycles. The highest BCUT2D eigenvalue weighted by molar-refractivity contribution is 5.88. The average molecular weight is 258 g/mol. The topological polar surface area (TPSA) is 92.9 Å². The Morgan fingerprint density at radius 1 is 1.44 bits per heavy atom. The van der Waals surface area contributed by atoms with E-state index in [0.29, 0.717) is 13.0 Å². The molecule has 1 unspecified atom stereocenters. The van der Waals surface area contributed by atoms with Crippen LogP contribution in [0.15, 0.2) is 0 Å². The second-order valence-electron chi connectivity index (χ2n) is 5.72. The fourth-order valence-corrected chi connectivity index (χ4v) is 2.10. The molecule has 0 spiro atoms. The molecule has 18 heavy (non-hydrogen) atoms. The van der Waals surface area contributed by atoms with Gasteiger partial charge in [-0.1, -0.05) is 20.8 Å². The van der Waals surface area contributed by atoms with Crippen LogP contribution < -0.4 is 5.73 Å². The summed E-state index contributed by atoms with van der Waals surface area (Å²) in [4.78, 5) is 24.8. The van der Waals surface area contributed by atoms with Crippen molar-refractivity contribution in [1.82, 2.24) is 4.90 Å². The van der Waals surface area contributed by atoms with Gasteiger partial charge in [0.25, 0.3) is 0 Å². The van der Waals surface area contributed by atoms with Crippen LogP contribution in [0.1, 0.15) is 27.2 Å². The molecule has 1 heterocycles. The molecule has 1 rings (SSSR count). The summed E-state index contributed by atoms with van der Waals surface area (Å²) in [5, 5.41) is 9.20. The first-order valence-corrected chi connectivity index (χ1v) is 6.01. The van der Waals surface area contributed by atoms with Gasteiger partial charge < -0.3 is 20.5 Å². The highest BCUT2D eigenvalue weighted by Crippen LogP contribution is 2.25. The minimum Gasteiger partial charge on any atom is -0.480 e. The van der Waals surface area contributed by atoms with Crippen LogP contribution in [0.2, 0.25) is 0 Å². The fourth-order valence-electron chi connectivity index (χ4n) is 2.10. The molecular formula is C12H22N2O4. The summed E-state index contributed by atoms with van der Waals surface area (Å²) in [6.07, 6.45) is 0.0643. The number of carbonyl (C=O) groups is 2. The molecule has 6 heteroatoms. The van der Waals surface area contributed by atoms with Gasteiger partial charge in [0.2, 0.25) is 5.91 Å². The van der Waals surface area contributed by atoms with Crippen molar-refractivity contribution >= 4 is 11.9 Å². The van der Waals surface area contributed by atoms with Gasteiger partial charge in [-0.3, -0.25) is 4.79 Å². The number of likely N-dealkylation sites (tertiary alicyclic amines) is 1. The Morgan fingerprint density at radius 2 is 2.00 bits per heavy atom. The lowest BCUT2D eigenvalue weighted by molar-refractivity contribution is -0.153. The Bertz CT molecular complexity index is 337. The number of nitrogens with zero attached hydrogens (tertiary/aromatic N) is 1. The molecule has 0 bridgehead atoms. The van der Waals surface area contributed by atoms with E-state index >= 15 is 0 Å². The fraction of sp³-hybridized carbons (Fsp3) is 0.833. The van der Waals surface area contributed by atoms with Gasteiger partial charge >= 0.3 is 5.97 Å². The van der Waals surface area contributed by atoms with Crippen molar-refractivity contribution in [2.24, 2.45) is 11.1 Å². The molecule has 104 valence electrons. The summed E-state index contributed by atoms with van der Waals surface area (Å²) in [5.74, 6) is -1.37. The van der Waals surface area contributed by atoms with Gasteiger partial charge in [0, 0.05) is 13.7 Å². The van der Waals surface area contributed by atoms with Crippen LogP contribution in [0.5, 0.6) is 0 Å². The van der Waals surface area contributed by atoms with Gasteiger partial charge in [-0.2, -0.15) is 0 Å². The van der Waals surface area contributed by atoms with E-state index in [2.05, 4.69) is 0 Å². The van der Waals surface area contributed by atoms with Gasteiger partial charge in [0.1, 0.15) is 0 Å². The molecule has 3 N–H and O–H groups in total. The Kier molecular flexibility index (Phi) is 4.34. The SMILES string of the molecule is CO[C@@H]1CCN(C(=O)C(N)C(C)(C)C)[C@@H]1C(=O)O. The number of carboxylic acids is 1. The van der Waals surface area contributed by atoms with E-state index in [9.17, 15) is 14.7 Å². The minimum atomic E-state index is -1.05. The van der Waals surface area contributed by atoms with Gasteiger partial charge in [-0.25, -0.2) is 4.79 Å². The first kappa shape index (κ1) is 14.9. The maximum absolute atomic E-state index is 12.3. The number of hydrogen-bond donors (Lipinski definition) is 2. The number of hydrogen-bond acceptors (Lipinski definition) is 4. The quantitative estimate of drug-likeness (QED) is 0.746. The van der Waals surface area contributed by atoms with Crippen LogP contribution in [0.25, 0.3) is 0 Å². The Balaban J connectivity index is 2.89. The first-order chi connectivity index (χ1) is 8.20. The number of amides is 1. The van der Waals surface area contributed by atoms with Gasteiger partial charge in [0.05, 0.1) is 12.1 Å². The van der Waals surface area contributed by atoms with Crippen LogP contribution in [-0.2, 0) is 14.3 Å². The Hall–Kier alpha value is -1.14. The normalized spacial score (nSPS) is 26.2. The van der Waals surface area contributed by atoms with Crippen molar-refractivity contribution in [3.63, 3.8) is 0 Å². The van der Waals surface area contributed by atoms with Crippen molar-refractivity contribution in [3.05, 3.63) is 0 Å². The lowest BCUT2D eigenvalue weighted by Crippen LogP contribution is -2.55. The summed E-state index contributed by atoms with van der Waals surface area (Å²) >= 11 is 0. The van der Waals surface area contributed by atoms with E-state index in [1.54, 1.807) is 0 Å². The van der Waals surface area contributed by atoms with Crippen molar-refractivity contribution in [3.8, 4) is 0 Å². The number of nitrogens with two attached hydrogens (primary N) is 1. The predicted octanol–water partition coefficient (Wildman–Crippen LogP) is 0.0603. The summed E-state index contributed by atoms with van der Waals surface area (Å²) in [6.45, 7) is 5.94. The lowest BCUT2D eigenvalue weighted by Gasteiger charge is -2.32. The molecule has 1 amide bonds. The summed E-state index contributed by atoms with van der Waals surface area (Å²) in [7, 11) is 1.46.